The van der Waals surface area contributed by atoms with Gasteiger partial charge in [-0.25, -0.2) is 0 Å². The lowest BCUT2D eigenvalue weighted by atomic mass is 10.0. The Labute approximate surface area is 100 Å². The summed E-state index contributed by atoms with van der Waals surface area (Å²) in [5.74, 6) is 0.979. The Hall–Kier alpha value is -1.87. The first-order valence-electron chi connectivity index (χ1n) is 5.78. The number of ether oxygens (including phenoxy) is 1. The van der Waals surface area contributed by atoms with Gasteiger partial charge in [0.2, 0.25) is 0 Å². The fourth-order valence-electron chi connectivity index (χ4n) is 2.22. The van der Waals surface area contributed by atoms with Gasteiger partial charge in [0.15, 0.2) is 0 Å². The van der Waals surface area contributed by atoms with Crippen LogP contribution in [0.2, 0.25) is 0 Å². The van der Waals surface area contributed by atoms with Crippen LogP contribution in [0.25, 0.3) is 11.3 Å². The molecule has 2 N–H and O–H groups in total. The Morgan fingerprint density at radius 3 is 3.00 bits per heavy atom. The van der Waals surface area contributed by atoms with Crippen molar-refractivity contribution in [2.75, 3.05) is 6.61 Å². The van der Waals surface area contributed by atoms with Crippen molar-refractivity contribution in [3.05, 3.63) is 47.7 Å². The van der Waals surface area contributed by atoms with Crippen LogP contribution in [-0.4, -0.2) is 11.6 Å². The molecule has 1 aromatic carbocycles. The number of nitrogens with zero attached hydrogens (tertiary/aromatic N) is 1. The number of aromatic nitrogens is 1. The largest absolute Gasteiger partial charge is 0.493 e. The molecule has 1 aliphatic rings. The van der Waals surface area contributed by atoms with Gasteiger partial charge >= 0.3 is 0 Å². The van der Waals surface area contributed by atoms with Crippen molar-refractivity contribution in [2.24, 2.45) is 5.73 Å². The van der Waals surface area contributed by atoms with Crippen molar-refractivity contribution >= 4 is 0 Å². The van der Waals surface area contributed by atoms with E-state index in [1.165, 1.54) is 5.56 Å². The zero-order valence-electron chi connectivity index (χ0n) is 9.52. The van der Waals surface area contributed by atoms with Gasteiger partial charge in [0.25, 0.3) is 0 Å². The Morgan fingerprint density at radius 1 is 1.29 bits per heavy atom. The van der Waals surface area contributed by atoms with Gasteiger partial charge in [-0.1, -0.05) is 6.07 Å². The van der Waals surface area contributed by atoms with E-state index >= 15 is 0 Å². The van der Waals surface area contributed by atoms with Gasteiger partial charge in [-0.2, -0.15) is 0 Å². The molecule has 3 heteroatoms. The van der Waals surface area contributed by atoms with Crippen molar-refractivity contribution in [3.8, 4) is 17.0 Å². The van der Waals surface area contributed by atoms with E-state index in [1.54, 1.807) is 6.20 Å². The van der Waals surface area contributed by atoms with E-state index in [9.17, 15) is 0 Å². The number of rotatable bonds is 2. The van der Waals surface area contributed by atoms with Gasteiger partial charge in [-0.15, -0.1) is 0 Å². The van der Waals surface area contributed by atoms with Gasteiger partial charge in [0, 0.05) is 30.3 Å². The van der Waals surface area contributed by atoms with Crippen LogP contribution in [0.3, 0.4) is 0 Å². The molecule has 1 aliphatic heterocycles. The molecule has 0 amide bonds. The van der Waals surface area contributed by atoms with Crippen LogP contribution in [0.4, 0.5) is 0 Å². The fraction of sp³-hybridized carbons (Fsp3) is 0.214. The average Bonchev–Trinajstić information content (AvgIpc) is 2.86. The van der Waals surface area contributed by atoms with E-state index in [4.69, 9.17) is 10.5 Å². The zero-order chi connectivity index (χ0) is 11.7. The molecular formula is C14H14N2O. The molecule has 0 saturated heterocycles. The van der Waals surface area contributed by atoms with E-state index in [-0.39, 0.29) is 0 Å². The van der Waals surface area contributed by atoms with Crippen LogP contribution in [0, 0.1) is 0 Å². The molecular weight excluding hydrogens is 212 g/mol. The Kier molecular flexibility index (Phi) is 2.53. The lowest BCUT2D eigenvalue weighted by Gasteiger charge is -2.09. The fourth-order valence-corrected chi connectivity index (χ4v) is 2.22. The third-order valence-corrected chi connectivity index (χ3v) is 3.04. The van der Waals surface area contributed by atoms with Gasteiger partial charge in [0.05, 0.1) is 12.3 Å². The molecule has 2 aromatic rings. The first-order valence-corrected chi connectivity index (χ1v) is 5.78. The number of benzene rings is 1. The van der Waals surface area contributed by atoms with E-state index in [1.807, 2.05) is 18.2 Å². The highest BCUT2D eigenvalue weighted by atomic mass is 16.5. The molecule has 0 spiro atoms. The SMILES string of the molecule is NCc1cc(-c2ccccn2)cc2c1OCC2. The third kappa shape index (κ3) is 1.78. The smallest absolute Gasteiger partial charge is 0.127 e. The first-order chi connectivity index (χ1) is 8.38. The summed E-state index contributed by atoms with van der Waals surface area (Å²) in [5, 5.41) is 0. The lowest BCUT2D eigenvalue weighted by molar-refractivity contribution is 0.353. The number of nitrogens with two attached hydrogens (primary N) is 1. The molecule has 17 heavy (non-hydrogen) atoms. The summed E-state index contributed by atoms with van der Waals surface area (Å²) in [5.41, 5.74) is 10.2. The highest BCUT2D eigenvalue weighted by molar-refractivity contribution is 5.65. The van der Waals surface area contributed by atoms with Crippen molar-refractivity contribution in [3.63, 3.8) is 0 Å². The van der Waals surface area contributed by atoms with Crippen molar-refractivity contribution in [1.82, 2.24) is 4.98 Å². The molecule has 0 radical (unpaired) electrons. The summed E-state index contributed by atoms with van der Waals surface area (Å²) in [4.78, 5) is 4.37. The number of hydrogen-bond donors (Lipinski definition) is 1. The topological polar surface area (TPSA) is 48.1 Å². The highest BCUT2D eigenvalue weighted by Crippen LogP contribution is 2.33. The molecule has 86 valence electrons. The van der Waals surface area contributed by atoms with E-state index in [2.05, 4.69) is 17.1 Å². The van der Waals surface area contributed by atoms with E-state index in [0.29, 0.717) is 6.54 Å². The predicted molar refractivity (Wildman–Crippen MR) is 66.8 cm³/mol. The second kappa shape index (κ2) is 4.18. The Morgan fingerprint density at radius 2 is 2.24 bits per heavy atom. The quantitative estimate of drug-likeness (QED) is 0.853. The second-order valence-corrected chi connectivity index (χ2v) is 4.14. The van der Waals surface area contributed by atoms with Crippen LogP contribution >= 0.6 is 0 Å². The molecule has 0 aliphatic carbocycles. The van der Waals surface area contributed by atoms with Crippen LogP contribution in [0.5, 0.6) is 5.75 Å². The minimum absolute atomic E-state index is 0.503. The Balaban J connectivity index is 2.13. The maximum atomic E-state index is 5.77. The summed E-state index contributed by atoms with van der Waals surface area (Å²) in [6.07, 6.45) is 2.77. The maximum absolute atomic E-state index is 5.77. The second-order valence-electron chi connectivity index (χ2n) is 4.14. The van der Waals surface area contributed by atoms with Gasteiger partial charge in [-0.3, -0.25) is 4.98 Å². The first kappa shape index (κ1) is 10.3. The molecule has 0 unspecified atom stereocenters. The van der Waals surface area contributed by atoms with E-state index in [0.717, 1.165) is 35.6 Å². The minimum atomic E-state index is 0.503. The van der Waals surface area contributed by atoms with Crippen LogP contribution < -0.4 is 10.5 Å². The monoisotopic (exact) mass is 226 g/mol. The molecule has 3 nitrogen and oxygen atoms in total. The van der Waals surface area contributed by atoms with Crippen LogP contribution in [0.1, 0.15) is 11.1 Å². The standard InChI is InChI=1S/C14H14N2O/c15-9-12-8-11(13-3-1-2-5-16-13)7-10-4-6-17-14(10)12/h1-3,5,7-8H,4,6,9,15H2. The van der Waals surface area contributed by atoms with Crippen molar-refractivity contribution < 1.29 is 4.74 Å². The third-order valence-electron chi connectivity index (χ3n) is 3.04. The summed E-state index contributed by atoms with van der Waals surface area (Å²) in [6.45, 7) is 1.26. The average molecular weight is 226 g/mol. The maximum Gasteiger partial charge on any atom is 0.127 e. The molecule has 0 fully saturated rings. The summed E-state index contributed by atoms with van der Waals surface area (Å²) in [6, 6.07) is 10.2. The summed E-state index contributed by atoms with van der Waals surface area (Å²) < 4.78 is 5.61. The van der Waals surface area contributed by atoms with Gasteiger partial charge in [0.1, 0.15) is 5.75 Å². The van der Waals surface area contributed by atoms with Crippen LogP contribution in [-0.2, 0) is 13.0 Å². The van der Waals surface area contributed by atoms with Gasteiger partial charge in [-0.05, 0) is 29.8 Å². The van der Waals surface area contributed by atoms with Crippen molar-refractivity contribution in [2.45, 2.75) is 13.0 Å². The molecule has 0 bridgehead atoms. The Bertz CT molecular complexity index is 537. The predicted octanol–water partition coefficient (Wildman–Crippen LogP) is 2.14. The number of pyridine rings is 1. The number of fused-ring (bicyclic) bond motifs is 1. The lowest BCUT2D eigenvalue weighted by Crippen LogP contribution is -2.00. The van der Waals surface area contributed by atoms with Crippen molar-refractivity contribution in [1.29, 1.82) is 0 Å². The molecule has 3 rings (SSSR count). The summed E-state index contributed by atoms with van der Waals surface area (Å²) in [7, 11) is 0. The zero-order valence-corrected chi connectivity index (χ0v) is 9.52. The normalized spacial score (nSPS) is 13.2. The number of hydrogen-bond acceptors (Lipinski definition) is 3. The van der Waals surface area contributed by atoms with Crippen LogP contribution in [0.15, 0.2) is 36.5 Å². The molecule has 0 saturated carbocycles. The molecule has 2 heterocycles. The minimum Gasteiger partial charge on any atom is -0.493 e. The molecule has 1 aromatic heterocycles. The van der Waals surface area contributed by atoms with E-state index < -0.39 is 0 Å². The summed E-state index contributed by atoms with van der Waals surface area (Å²) >= 11 is 0. The molecule has 0 atom stereocenters. The highest BCUT2D eigenvalue weighted by Gasteiger charge is 2.17. The van der Waals surface area contributed by atoms with Gasteiger partial charge < -0.3 is 10.5 Å².